The van der Waals surface area contributed by atoms with E-state index in [2.05, 4.69) is 39.1 Å². The number of amides is 1. The molecule has 41 heavy (non-hydrogen) atoms. The second kappa shape index (κ2) is 13.4. The largest absolute Gasteiger partial charge is 0.493 e. The maximum absolute atomic E-state index is 14.6. The van der Waals surface area contributed by atoms with Crippen molar-refractivity contribution < 1.29 is 19.0 Å². The van der Waals surface area contributed by atoms with Gasteiger partial charge in [0.15, 0.2) is 0 Å². The number of nitrogens with zero attached hydrogens (tertiary/aromatic N) is 5. The van der Waals surface area contributed by atoms with E-state index in [1.807, 2.05) is 29.5 Å². The Kier molecular flexibility index (Phi) is 9.49. The van der Waals surface area contributed by atoms with E-state index in [4.69, 9.17) is 4.74 Å². The Balaban J connectivity index is 1.01. The summed E-state index contributed by atoms with van der Waals surface area (Å²) in [7, 11) is 0. The van der Waals surface area contributed by atoms with E-state index in [-0.39, 0.29) is 11.6 Å². The summed E-state index contributed by atoms with van der Waals surface area (Å²) in [6.45, 7) is 7.58. The highest BCUT2D eigenvalue weighted by atomic mass is 19.1. The minimum atomic E-state index is -0.615. The van der Waals surface area contributed by atoms with E-state index in [0.29, 0.717) is 37.0 Å². The van der Waals surface area contributed by atoms with Crippen LogP contribution in [0.2, 0.25) is 0 Å². The summed E-state index contributed by atoms with van der Waals surface area (Å²) in [6.07, 6.45) is 13.4. The number of piperidine rings is 1. The summed E-state index contributed by atoms with van der Waals surface area (Å²) in [5.74, 6) is 1.22. The lowest BCUT2D eigenvalue weighted by Gasteiger charge is -2.32. The highest BCUT2D eigenvalue weighted by molar-refractivity contribution is 5.94. The number of halogens is 1. The van der Waals surface area contributed by atoms with Gasteiger partial charge in [-0.3, -0.25) is 9.48 Å². The summed E-state index contributed by atoms with van der Waals surface area (Å²) in [5, 5.41) is 17.1. The number of ether oxygens (including phenoxy) is 1. The third-order valence-corrected chi connectivity index (χ3v) is 8.06. The molecule has 1 amide bonds. The predicted molar refractivity (Wildman–Crippen MR) is 155 cm³/mol. The van der Waals surface area contributed by atoms with Crippen molar-refractivity contribution in [1.29, 1.82) is 0 Å². The molecule has 220 valence electrons. The van der Waals surface area contributed by atoms with Gasteiger partial charge in [-0.15, -0.1) is 0 Å². The minimum Gasteiger partial charge on any atom is -0.493 e. The molecule has 1 aliphatic carbocycles. The van der Waals surface area contributed by atoms with Crippen LogP contribution in [0.1, 0.15) is 69.2 Å². The molecule has 0 bridgehead atoms. The van der Waals surface area contributed by atoms with Gasteiger partial charge in [-0.25, -0.2) is 14.4 Å². The summed E-state index contributed by atoms with van der Waals surface area (Å²) in [4.78, 5) is 23.9. The van der Waals surface area contributed by atoms with Crippen molar-refractivity contribution in [3.05, 3.63) is 54.4 Å². The number of carbonyl (C=O) groups is 1. The van der Waals surface area contributed by atoms with E-state index in [1.54, 1.807) is 6.07 Å². The molecular weight excluding hydrogens is 523 g/mol. The topological polar surface area (TPSA) is 105 Å². The normalized spacial score (nSPS) is 19.6. The van der Waals surface area contributed by atoms with Gasteiger partial charge in [-0.2, -0.15) is 5.10 Å². The first-order valence-electron chi connectivity index (χ1n) is 14.9. The van der Waals surface area contributed by atoms with Gasteiger partial charge in [0.2, 0.25) is 5.95 Å². The lowest BCUT2D eigenvalue weighted by molar-refractivity contribution is 0.0869. The van der Waals surface area contributed by atoms with Gasteiger partial charge in [0.25, 0.3) is 5.91 Å². The van der Waals surface area contributed by atoms with Crippen molar-refractivity contribution in [3.63, 3.8) is 0 Å². The fraction of sp³-hybridized carbons (Fsp3) is 0.548. The molecule has 10 heteroatoms. The molecule has 3 aromatic rings. The summed E-state index contributed by atoms with van der Waals surface area (Å²) >= 11 is 0. The molecule has 2 aromatic heterocycles. The molecule has 2 N–H and O–H groups in total. The number of anilines is 1. The van der Waals surface area contributed by atoms with E-state index >= 15 is 0 Å². The van der Waals surface area contributed by atoms with Gasteiger partial charge in [0.1, 0.15) is 11.6 Å². The first-order valence-corrected chi connectivity index (χ1v) is 14.9. The molecule has 1 saturated carbocycles. The maximum Gasteiger partial charge on any atom is 0.254 e. The lowest BCUT2D eigenvalue weighted by atomic mass is 9.92. The fourth-order valence-electron chi connectivity index (χ4n) is 5.73. The molecule has 2 aliphatic rings. The average Bonchev–Trinajstić information content (AvgIpc) is 3.60. The summed E-state index contributed by atoms with van der Waals surface area (Å²) in [6, 6.07) is 4.03. The molecule has 0 radical (unpaired) electrons. The van der Waals surface area contributed by atoms with Gasteiger partial charge in [-0.1, -0.05) is 13.8 Å². The fourth-order valence-corrected chi connectivity index (χ4v) is 5.73. The molecule has 2 atom stereocenters. The zero-order valence-corrected chi connectivity index (χ0v) is 24.0. The van der Waals surface area contributed by atoms with Gasteiger partial charge < -0.3 is 20.1 Å². The van der Waals surface area contributed by atoms with Crippen LogP contribution in [-0.4, -0.2) is 62.6 Å². The number of carbonyl (C=O) groups excluding carboxylic acids is 1. The Morgan fingerprint density at radius 1 is 1.12 bits per heavy atom. The van der Waals surface area contributed by atoms with Crippen LogP contribution < -0.4 is 15.0 Å². The average molecular weight is 565 g/mol. The summed E-state index contributed by atoms with van der Waals surface area (Å²) < 4.78 is 22.3. The first-order chi connectivity index (χ1) is 19.9. The zero-order chi connectivity index (χ0) is 28.8. The Hall–Kier alpha value is -3.53. The van der Waals surface area contributed by atoms with E-state index in [9.17, 15) is 14.3 Å². The number of aliphatic hydroxyl groups is 1. The van der Waals surface area contributed by atoms with Gasteiger partial charge in [-0.05, 0) is 68.9 Å². The van der Waals surface area contributed by atoms with E-state index in [0.717, 1.165) is 68.8 Å². The molecule has 0 spiro atoms. The van der Waals surface area contributed by atoms with Gasteiger partial charge in [0, 0.05) is 55.4 Å². The highest BCUT2D eigenvalue weighted by Gasteiger charge is 2.27. The zero-order valence-electron chi connectivity index (χ0n) is 24.0. The molecular formula is C31H41FN6O3. The van der Waals surface area contributed by atoms with Crippen LogP contribution in [0.15, 0.2) is 43.0 Å². The SMILES string of the molecule is CC(C)Cn1cc(-c2cnc(N3CCC(CCCOc4ccc(C(=O)N[C@H]5CCC[C@@H]5O)c(F)c4)CC3)nc2)cn1. The predicted octanol–water partition coefficient (Wildman–Crippen LogP) is 4.85. The number of nitrogens with one attached hydrogen (secondary N) is 1. The molecule has 9 nitrogen and oxygen atoms in total. The smallest absolute Gasteiger partial charge is 0.254 e. The van der Waals surface area contributed by atoms with Crippen molar-refractivity contribution in [2.75, 3.05) is 24.6 Å². The van der Waals surface area contributed by atoms with Crippen molar-refractivity contribution in [1.82, 2.24) is 25.1 Å². The maximum atomic E-state index is 14.6. The van der Waals surface area contributed by atoms with Crippen molar-refractivity contribution in [2.45, 2.75) is 77.5 Å². The molecule has 1 aromatic carbocycles. The second-order valence-electron chi connectivity index (χ2n) is 11.8. The standard InChI is InChI=1S/C31H41FN6O3/c1-21(2)19-38-20-24(18-35-38)23-16-33-31(34-17-23)37-12-10-22(11-13-37)5-4-14-41-25-8-9-26(27(32)15-25)30(40)36-28-6-3-7-29(28)39/h8-9,15-18,20-22,28-29,39H,3-7,10-14,19H2,1-2H3,(H,36,40)/t28-,29-/m0/s1. The van der Waals surface area contributed by atoms with Gasteiger partial charge in [0.05, 0.1) is 30.5 Å². The lowest BCUT2D eigenvalue weighted by Crippen LogP contribution is -2.40. The summed E-state index contributed by atoms with van der Waals surface area (Å²) in [5.41, 5.74) is 1.97. The highest BCUT2D eigenvalue weighted by Crippen LogP contribution is 2.26. The Labute approximate surface area is 241 Å². The molecule has 1 saturated heterocycles. The van der Waals surface area contributed by atoms with Crippen LogP contribution in [0.4, 0.5) is 10.3 Å². The number of aliphatic hydroxyl groups excluding tert-OH is 1. The van der Waals surface area contributed by atoms with Crippen LogP contribution in [0.25, 0.3) is 11.1 Å². The Bertz CT molecular complexity index is 1290. The number of rotatable bonds is 11. The van der Waals surface area contributed by atoms with Crippen LogP contribution >= 0.6 is 0 Å². The third-order valence-electron chi connectivity index (χ3n) is 8.06. The minimum absolute atomic E-state index is 0.0282. The molecule has 0 unspecified atom stereocenters. The van der Waals surface area contributed by atoms with Crippen LogP contribution in [0, 0.1) is 17.7 Å². The quantitative estimate of drug-likeness (QED) is 0.321. The molecule has 3 heterocycles. The molecule has 1 aliphatic heterocycles. The van der Waals surface area contributed by atoms with Crippen LogP contribution in [-0.2, 0) is 6.54 Å². The van der Waals surface area contributed by atoms with Crippen molar-refractivity contribution in [2.24, 2.45) is 11.8 Å². The number of aromatic nitrogens is 4. The number of hydrogen-bond donors (Lipinski definition) is 2. The van der Waals surface area contributed by atoms with Crippen molar-refractivity contribution >= 4 is 11.9 Å². The number of hydrogen-bond acceptors (Lipinski definition) is 7. The van der Waals surface area contributed by atoms with E-state index < -0.39 is 17.8 Å². The molecule has 2 fully saturated rings. The Morgan fingerprint density at radius 3 is 2.59 bits per heavy atom. The third kappa shape index (κ3) is 7.61. The molecule has 5 rings (SSSR count). The number of benzene rings is 1. The second-order valence-corrected chi connectivity index (χ2v) is 11.8. The Morgan fingerprint density at radius 2 is 1.90 bits per heavy atom. The van der Waals surface area contributed by atoms with Crippen LogP contribution in [0.3, 0.4) is 0 Å². The first kappa shape index (κ1) is 29.0. The van der Waals surface area contributed by atoms with E-state index in [1.165, 1.54) is 12.1 Å². The van der Waals surface area contributed by atoms with Crippen molar-refractivity contribution in [3.8, 4) is 16.9 Å². The van der Waals surface area contributed by atoms with Gasteiger partial charge >= 0.3 is 0 Å². The van der Waals surface area contributed by atoms with Crippen LogP contribution in [0.5, 0.6) is 5.75 Å². The monoisotopic (exact) mass is 564 g/mol.